The van der Waals surface area contributed by atoms with E-state index < -0.39 is 0 Å². The average molecular weight is 169 g/mol. The Morgan fingerprint density at radius 1 is 1.58 bits per heavy atom. The van der Waals surface area contributed by atoms with Crippen molar-refractivity contribution >= 4 is 0 Å². The van der Waals surface area contributed by atoms with E-state index in [2.05, 4.69) is 29.3 Å². The Bertz CT molecular complexity index is 234. The van der Waals surface area contributed by atoms with Crippen LogP contribution < -0.4 is 5.32 Å². The number of aryl methyl sites for hydroxylation is 1. The largest absolute Gasteiger partial charge is 0.339 e. The molecule has 0 amide bonds. The van der Waals surface area contributed by atoms with Crippen molar-refractivity contribution in [2.75, 3.05) is 6.54 Å². The average Bonchev–Trinajstić information content (AvgIpc) is 2.36. The summed E-state index contributed by atoms with van der Waals surface area (Å²) in [5.74, 6) is 1.41. The SMILES string of the molecule is CCNC(C)Cc1nc(C)no1. The van der Waals surface area contributed by atoms with Gasteiger partial charge in [0.25, 0.3) is 0 Å². The van der Waals surface area contributed by atoms with E-state index >= 15 is 0 Å². The maximum atomic E-state index is 4.98. The lowest BCUT2D eigenvalue weighted by atomic mass is 10.2. The van der Waals surface area contributed by atoms with Crippen molar-refractivity contribution in [2.45, 2.75) is 33.2 Å². The number of nitrogens with one attached hydrogen (secondary N) is 1. The van der Waals surface area contributed by atoms with Crippen LogP contribution in [0.1, 0.15) is 25.6 Å². The summed E-state index contributed by atoms with van der Waals surface area (Å²) in [5.41, 5.74) is 0. The molecule has 0 aliphatic heterocycles. The maximum Gasteiger partial charge on any atom is 0.228 e. The molecular formula is C8H15N3O. The normalized spacial score (nSPS) is 13.2. The third kappa shape index (κ3) is 2.62. The van der Waals surface area contributed by atoms with Crippen LogP contribution in [0.4, 0.5) is 0 Å². The summed E-state index contributed by atoms with van der Waals surface area (Å²) < 4.78 is 4.98. The van der Waals surface area contributed by atoms with E-state index in [9.17, 15) is 0 Å². The summed E-state index contributed by atoms with van der Waals surface area (Å²) in [6.45, 7) is 6.97. The molecule has 68 valence electrons. The Balaban J connectivity index is 2.41. The predicted molar refractivity (Wildman–Crippen MR) is 45.9 cm³/mol. The van der Waals surface area contributed by atoms with Gasteiger partial charge in [-0.1, -0.05) is 12.1 Å². The molecule has 1 heterocycles. The number of nitrogens with zero attached hydrogens (tertiary/aromatic N) is 2. The molecule has 0 aliphatic carbocycles. The molecule has 1 unspecified atom stereocenters. The molecule has 0 aliphatic rings. The first-order chi connectivity index (χ1) is 5.72. The van der Waals surface area contributed by atoms with Crippen molar-refractivity contribution in [1.29, 1.82) is 0 Å². The van der Waals surface area contributed by atoms with E-state index in [1.54, 1.807) is 0 Å². The lowest BCUT2D eigenvalue weighted by Gasteiger charge is -2.07. The van der Waals surface area contributed by atoms with Gasteiger partial charge in [-0.2, -0.15) is 4.98 Å². The Labute approximate surface area is 72.4 Å². The Morgan fingerprint density at radius 2 is 2.33 bits per heavy atom. The predicted octanol–water partition coefficient (Wildman–Crippen LogP) is 0.919. The van der Waals surface area contributed by atoms with Crippen molar-refractivity contribution in [3.05, 3.63) is 11.7 Å². The summed E-state index contributed by atoms with van der Waals surface area (Å²) in [4.78, 5) is 4.12. The second kappa shape index (κ2) is 4.21. The molecule has 1 aromatic rings. The Hall–Kier alpha value is -0.900. The highest BCUT2D eigenvalue weighted by atomic mass is 16.5. The van der Waals surface area contributed by atoms with Crippen molar-refractivity contribution in [3.8, 4) is 0 Å². The van der Waals surface area contributed by atoms with Gasteiger partial charge >= 0.3 is 0 Å². The molecule has 0 spiro atoms. The molecule has 0 aromatic carbocycles. The van der Waals surface area contributed by atoms with Crippen LogP contribution in [0.5, 0.6) is 0 Å². The molecular weight excluding hydrogens is 154 g/mol. The van der Waals surface area contributed by atoms with Gasteiger partial charge in [-0.15, -0.1) is 0 Å². The highest BCUT2D eigenvalue weighted by molar-refractivity contribution is 4.85. The zero-order valence-electron chi connectivity index (χ0n) is 7.79. The van der Waals surface area contributed by atoms with E-state index in [-0.39, 0.29) is 0 Å². The minimum absolute atomic E-state index is 0.398. The van der Waals surface area contributed by atoms with E-state index in [0.717, 1.165) is 13.0 Å². The fourth-order valence-corrected chi connectivity index (χ4v) is 1.11. The Morgan fingerprint density at radius 3 is 2.83 bits per heavy atom. The molecule has 12 heavy (non-hydrogen) atoms. The van der Waals surface area contributed by atoms with E-state index in [0.29, 0.717) is 17.8 Å². The minimum atomic E-state index is 0.398. The fourth-order valence-electron chi connectivity index (χ4n) is 1.11. The zero-order valence-corrected chi connectivity index (χ0v) is 7.79. The second-order valence-corrected chi connectivity index (χ2v) is 2.90. The van der Waals surface area contributed by atoms with E-state index in [1.807, 2.05) is 6.92 Å². The molecule has 1 rings (SSSR count). The van der Waals surface area contributed by atoms with Crippen molar-refractivity contribution in [1.82, 2.24) is 15.5 Å². The van der Waals surface area contributed by atoms with Gasteiger partial charge in [-0.25, -0.2) is 0 Å². The summed E-state index contributed by atoms with van der Waals surface area (Å²) in [6.07, 6.45) is 0.800. The Kier molecular flexibility index (Phi) is 3.22. The number of hydrogen-bond acceptors (Lipinski definition) is 4. The quantitative estimate of drug-likeness (QED) is 0.728. The first-order valence-electron chi connectivity index (χ1n) is 4.25. The van der Waals surface area contributed by atoms with Gasteiger partial charge in [0.2, 0.25) is 5.89 Å². The molecule has 1 aromatic heterocycles. The summed E-state index contributed by atoms with van der Waals surface area (Å²) in [6, 6.07) is 0.398. The van der Waals surface area contributed by atoms with Gasteiger partial charge in [-0.05, 0) is 20.4 Å². The molecule has 0 saturated carbocycles. The van der Waals surface area contributed by atoms with Crippen molar-refractivity contribution in [2.24, 2.45) is 0 Å². The molecule has 0 radical (unpaired) electrons. The first-order valence-corrected chi connectivity index (χ1v) is 4.25. The van der Waals surface area contributed by atoms with Crippen LogP contribution in [0.3, 0.4) is 0 Å². The van der Waals surface area contributed by atoms with Gasteiger partial charge < -0.3 is 9.84 Å². The molecule has 1 atom stereocenters. The van der Waals surface area contributed by atoms with Crippen molar-refractivity contribution < 1.29 is 4.52 Å². The van der Waals surface area contributed by atoms with Gasteiger partial charge in [0, 0.05) is 12.5 Å². The van der Waals surface area contributed by atoms with Crippen LogP contribution >= 0.6 is 0 Å². The number of hydrogen-bond donors (Lipinski definition) is 1. The van der Waals surface area contributed by atoms with E-state index in [1.165, 1.54) is 0 Å². The minimum Gasteiger partial charge on any atom is -0.339 e. The topological polar surface area (TPSA) is 51.0 Å². The number of rotatable bonds is 4. The number of likely N-dealkylation sites (N-methyl/N-ethyl adjacent to an activating group) is 1. The monoisotopic (exact) mass is 169 g/mol. The lowest BCUT2D eigenvalue weighted by molar-refractivity contribution is 0.360. The maximum absolute atomic E-state index is 4.98. The molecule has 4 heteroatoms. The van der Waals surface area contributed by atoms with Crippen LogP contribution in [0.25, 0.3) is 0 Å². The van der Waals surface area contributed by atoms with Crippen LogP contribution in [-0.4, -0.2) is 22.7 Å². The fraction of sp³-hybridized carbons (Fsp3) is 0.750. The second-order valence-electron chi connectivity index (χ2n) is 2.90. The first kappa shape index (κ1) is 9.19. The van der Waals surface area contributed by atoms with Crippen molar-refractivity contribution in [3.63, 3.8) is 0 Å². The summed E-state index contributed by atoms with van der Waals surface area (Å²) in [7, 11) is 0. The van der Waals surface area contributed by atoms with Crippen LogP contribution in [0, 0.1) is 6.92 Å². The number of aromatic nitrogens is 2. The van der Waals surface area contributed by atoms with Crippen LogP contribution in [-0.2, 0) is 6.42 Å². The third-order valence-electron chi connectivity index (χ3n) is 1.60. The summed E-state index contributed by atoms with van der Waals surface area (Å²) in [5, 5.41) is 6.99. The smallest absolute Gasteiger partial charge is 0.228 e. The zero-order chi connectivity index (χ0) is 8.97. The summed E-state index contributed by atoms with van der Waals surface area (Å²) >= 11 is 0. The third-order valence-corrected chi connectivity index (χ3v) is 1.60. The molecule has 0 saturated heterocycles. The molecule has 1 N–H and O–H groups in total. The molecule has 0 fully saturated rings. The molecule has 0 bridgehead atoms. The highest BCUT2D eigenvalue weighted by Gasteiger charge is 2.07. The van der Waals surface area contributed by atoms with Crippen LogP contribution in [0.2, 0.25) is 0 Å². The van der Waals surface area contributed by atoms with Gasteiger partial charge in [0.15, 0.2) is 5.82 Å². The van der Waals surface area contributed by atoms with Gasteiger partial charge in [0.05, 0.1) is 0 Å². The van der Waals surface area contributed by atoms with Gasteiger partial charge in [-0.3, -0.25) is 0 Å². The molecule has 4 nitrogen and oxygen atoms in total. The van der Waals surface area contributed by atoms with Crippen LogP contribution in [0.15, 0.2) is 4.52 Å². The van der Waals surface area contributed by atoms with Gasteiger partial charge in [0.1, 0.15) is 0 Å². The lowest BCUT2D eigenvalue weighted by Crippen LogP contribution is -2.27. The highest BCUT2D eigenvalue weighted by Crippen LogP contribution is 1.99. The standard InChI is InChI=1S/C8H15N3O/c1-4-9-6(2)5-8-10-7(3)11-12-8/h6,9H,4-5H2,1-3H3. The van der Waals surface area contributed by atoms with E-state index in [4.69, 9.17) is 4.52 Å².